The molecule has 2 aromatic rings. The third-order valence-electron chi connectivity index (χ3n) is 5.36. The SMILES string of the molecule is C(=C\c1ccccc1)/CN1CCN(c2cc(NCC3CCCO3)ncn2)CC1. The maximum atomic E-state index is 5.67. The van der Waals surface area contributed by atoms with Gasteiger partial charge in [-0.3, -0.25) is 4.90 Å². The first-order valence-electron chi connectivity index (χ1n) is 10.2. The molecule has 148 valence electrons. The average molecular weight is 380 g/mol. The van der Waals surface area contributed by atoms with Gasteiger partial charge in [0.15, 0.2) is 0 Å². The van der Waals surface area contributed by atoms with E-state index in [1.807, 2.05) is 6.07 Å². The van der Waals surface area contributed by atoms with E-state index in [1.54, 1.807) is 6.33 Å². The number of benzene rings is 1. The van der Waals surface area contributed by atoms with Crippen molar-refractivity contribution in [2.75, 3.05) is 56.1 Å². The highest BCUT2D eigenvalue weighted by Gasteiger charge is 2.18. The van der Waals surface area contributed by atoms with Gasteiger partial charge < -0.3 is 15.0 Å². The van der Waals surface area contributed by atoms with Crippen molar-refractivity contribution < 1.29 is 4.74 Å². The quantitative estimate of drug-likeness (QED) is 0.798. The zero-order valence-electron chi connectivity index (χ0n) is 16.3. The molecule has 2 aliphatic heterocycles. The van der Waals surface area contributed by atoms with Crippen molar-refractivity contribution in [3.05, 3.63) is 54.4 Å². The normalized spacial score (nSPS) is 20.7. The van der Waals surface area contributed by atoms with Crippen LogP contribution in [0.25, 0.3) is 6.08 Å². The molecular weight excluding hydrogens is 350 g/mol. The summed E-state index contributed by atoms with van der Waals surface area (Å²) in [6, 6.07) is 12.5. The highest BCUT2D eigenvalue weighted by molar-refractivity contribution is 5.50. The minimum Gasteiger partial charge on any atom is -0.376 e. The Hall–Kier alpha value is -2.44. The first-order valence-corrected chi connectivity index (χ1v) is 10.2. The van der Waals surface area contributed by atoms with Crippen molar-refractivity contribution in [3.8, 4) is 0 Å². The van der Waals surface area contributed by atoms with E-state index in [4.69, 9.17) is 4.74 Å². The number of rotatable bonds is 7. The van der Waals surface area contributed by atoms with Crippen LogP contribution in [-0.2, 0) is 4.74 Å². The molecule has 0 radical (unpaired) electrons. The van der Waals surface area contributed by atoms with E-state index in [2.05, 4.69) is 67.6 Å². The molecule has 0 spiro atoms. The minimum atomic E-state index is 0.311. The highest BCUT2D eigenvalue weighted by Crippen LogP contribution is 2.18. The van der Waals surface area contributed by atoms with E-state index in [1.165, 1.54) is 5.56 Å². The van der Waals surface area contributed by atoms with Crippen LogP contribution in [0.4, 0.5) is 11.6 Å². The molecule has 0 aliphatic carbocycles. The van der Waals surface area contributed by atoms with Gasteiger partial charge in [-0.05, 0) is 18.4 Å². The van der Waals surface area contributed by atoms with Crippen molar-refractivity contribution in [2.24, 2.45) is 0 Å². The lowest BCUT2D eigenvalue weighted by Gasteiger charge is -2.34. The molecule has 6 nitrogen and oxygen atoms in total. The summed E-state index contributed by atoms with van der Waals surface area (Å²) in [7, 11) is 0. The van der Waals surface area contributed by atoms with Gasteiger partial charge in [0.25, 0.3) is 0 Å². The lowest BCUT2D eigenvalue weighted by molar-refractivity contribution is 0.120. The average Bonchev–Trinajstić information content (AvgIpc) is 3.28. The molecule has 0 saturated carbocycles. The molecule has 28 heavy (non-hydrogen) atoms. The minimum absolute atomic E-state index is 0.311. The van der Waals surface area contributed by atoms with Crippen LogP contribution < -0.4 is 10.2 Å². The Morgan fingerprint density at radius 2 is 1.96 bits per heavy atom. The molecular formula is C22H29N5O. The number of hydrogen-bond acceptors (Lipinski definition) is 6. The Balaban J connectivity index is 1.24. The van der Waals surface area contributed by atoms with Crippen LogP contribution in [0.5, 0.6) is 0 Å². The van der Waals surface area contributed by atoms with Crippen molar-refractivity contribution in [1.82, 2.24) is 14.9 Å². The molecule has 1 atom stereocenters. The van der Waals surface area contributed by atoms with Crippen LogP contribution >= 0.6 is 0 Å². The lowest BCUT2D eigenvalue weighted by atomic mass is 10.2. The zero-order valence-corrected chi connectivity index (χ0v) is 16.3. The van der Waals surface area contributed by atoms with E-state index in [9.17, 15) is 0 Å². The van der Waals surface area contributed by atoms with Crippen LogP contribution in [0.15, 0.2) is 48.8 Å². The molecule has 1 aromatic heterocycles. The molecule has 0 bridgehead atoms. The maximum Gasteiger partial charge on any atom is 0.134 e. The molecule has 1 aromatic carbocycles. The topological polar surface area (TPSA) is 53.5 Å². The summed E-state index contributed by atoms with van der Waals surface area (Å²) >= 11 is 0. The van der Waals surface area contributed by atoms with Crippen LogP contribution in [0.3, 0.4) is 0 Å². The van der Waals surface area contributed by atoms with Crippen LogP contribution in [0.2, 0.25) is 0 Å². The Morgan fingerprint density at radius 3 is 2.75 bits per heavy atom. The molecule has 2 saturated heterocycles. The molecule has 3 heterocycles. The standard InChI is InChI=1S/C22H29N5O/c1-2-6-19(7-3-1)8-4-10-26-11-13-27(14-12-26)22-16-21(24-18-25-22)23-17-20-9-5-15-28-20/h1-4,6-8,16,18,20H,5,9-15,17H2,(H,23,24,25)/b8-4+. The van der Waals surface area contributed by atoms with E-state index >= 15 is 0 Å². The second-order valence-corrected chi connectivity index (χ2v) is 7.38. The third-order valence-corrected chi connectivity index (χ3v) is 5.36. The summed E-state index contributed by atoms with van der Waals surface area (Å²) < 4.78 is 5.67. The second-order valence-electron chi connectivity index (χ2n) is 7.38. The predicted molar refractivity (Wildman–Crippen MR) is 114 cm³/mol. The molecule has 4 rings (SSSR count). The predicted octanol–water partition coefficient (Wildman–Crippen LogP) is 2.90. The summed E-state index contributed by atoms with van der Waals surface area (Å²) in [5.41, 5.74) is 1.25. The smallest absolute Gasteiger partial charge is 0.134 e. The number of nitrogens with one attached hydrogen (secondary N) is 1. The number of nitrogens with zero attached hydrogens (tertiary/aromatic N) is 4. The largest absolute Gasteiger partial charge is 0.376 e. The first kappa shape index (κ1) is 18.9. The fraction of sp³-hybridized carbons (Fsp3) is 0.455. The molecule has 0 amide bonds. The maximum absolute atomic E-state index is 5.67. The van der Waals surface area contributed by atoms with Gasteiger partial charge in [0.2, 0.25) is 0 Å². The highest BCUT2D eigenvalue weighted by atomic mass is 16.5. The van der Waals surface area contributed by atoms with Gasteiger partial charge in [-0.2, -0.15) is 0 Å². The lowest BCUT2D eigenvalue weighted by Crippen LogP contribution is -2.46. The van der Waals surface area contributed by atoms with Gasteiger partial charge >= 0.3 is 0 Å². The summed E-state index contributed by atoms with van der Waals surface area (Å²) in [4.78, 5) is 13.7. The summed E-state index contributed by atoms with van der Waals surface area (Å²) in [6.07, 6.45) is 8.71. The molecule has 1 N–H and O–H groups in total. The van der Waals surface area contributed by atoms with E-state index < -0.39 is 0 Å². The summed E-state index contributed by atoms with van der Waals surface area (Å²) in [6.45, 7) is 6.75. The van der Waals surface area contributed by atoms with Crippen LogP contribution in [0, 0.1) is 0 Å². The van der Waals surface area contributed by atoms with Crippen molar-refractivity contribution in [2.45, 2.75) is 18.9 Å². The first-order chi connectivity index (χ1) is 13.9. The number of ether oxygens (including phenoxy) is 1. The Morgan fingerprint density at radius 1 is 1.11 bits per heavy atom. The van der Waals surface area contributed by atoms with E-state index in [0.29, 0.717) is 6.10 Å². The van der Waals surface area contributed by atoms with Gasteiger partial charge in [0, 0.05) is 51.9 Å². The summed E-state index contributed by atoms with van der Waals surface area (Å²) in [5.74, 6) is 1.89. The monoisotopic (exact) mass is 379 g/mol. The molecule has 6 heteroatoms. The van der Waals surface area contributed by atoms with Crippen molar-refractivity contribution in [3.63, 3.8) is 0 Å². The number of hydrogen-bond donors (Lipinski definition) is 1. The van der Waals surface area contributed by atoms with Gasteiger partial charge in [-0.25, -0.2) is 9.97 Å². The van der Waals surface area contributed by atoms with E-state index in [0.717, 1.165) is 70.4 Å². The third kappa shape index (κ3) is 5.30. The fourth-order valence-electron chi connectivity index (χ4n) is 3.70. The number of anilines is 2. The number of piperazine rings is 1. The Labute approximate surface area is 167 Å². The van der Waals surface area contributed by atoms with Gasteiger partial charge in [-0.15, -0.1) is 0 Å². The van der Waals surface area contributed by atoms with Gasteiger partial charge in [0.1, 0.15) is 18.0 Å². The van der Waals surface area contributed by atoms with Crippen LogP contribution in [-0.4, -0.2) is 66.8 Å². The second kappa shape index (κ2) is 9.66. The fourth-order valence-corrected chi connectivity index (χ4v) is 3.70. The molecule has 1 unspecified atom stereocenters. The zero-order chi connectivity index (χ0) is 19.0. The summed E-state index contributed by atoms with van der Waals surface area (Å²) in [5, 5.41) is 3.40. The molecule has 2 fully saturated rings. The van der Waals surface area contributed by atoms with Crippen molar-refractivity contribution >= 4 is 17.7 Å². The molecule has 2 aliphatic rings. The Kier molecular flexibility index (Phi) is 6.52. The van der Waals surface area contributed by atoms with Crippen LogP contribution in [0.1, 0.15) is 18.4 Å². The van der Waals surface area contributed by atoms with Gasteiger partial charge in [0.05, 0.1) is 6.10 Å². The van der Waals surface area contributed by atoms with E-state index in [-0.39, 0.29) is 0 Å². The Bertz CT molecular complexity index is 753. The van der Waals surface area contributed by atoms with Crippen molar-refractivity contribution in [1.29, 1.82) is 0 Å². The van der Waals surface area contributed by atoms with Gasteiger partial charge in [-0.1, -0.05) is 42.5 Å². The number of aromatic nitrogens is 2.